The minimum absolute atomic E-state index is 0.0657. The second-order valence-electron chi connectivity index (χ2n) is 6.40. The molecule has 9 nitrogen and oxygen atoms in total. The summed E-state index contributed by atoms with van der Waals surface area (Å²) in [5, 5.41) is 19.0. The van der Waals surface area contributed by atoms with Crippen LogP contribution in [0.1, 0.15) is 22.8 Å². The third-order valence-electron chi connectivity index (χ3n) is 4.26. The Labute approximate surface area is 175 Å². The second kappa shape index (κ2) is 8.62. The Balaban J connectivity index is 1.40. The zero-order valence-electron chi connectivity index (χ0n) is 15.9. The van der Waals surface area contributed by atoms with Crippen LogP contribution in [-0.4, -0.2) is 37.0 Å². The molecule has 0 aliphatic rings. The SMILES string of the molecule is CC(=O)NCc1ccc(-c2csc(NC(=O)c3ccc(-n4cnnn4)cc3)n2)cc1. The van der Waals surface area contributed by atoms with E-state index in [2.05, 4.69) is 31.1 Å². The molecule has 10 heteroatoms. The van der Waals surface area contributed by atoms with E-state index in [1.807, 2.05) is 29.6 Å². The Morgan fingerprint density at radius 2 is 1.83 bits per heavy atom. The number of hydrogen-bond acceptors (Lipinski definition) is 7. The topological polar surface area (TPSA) is 115 Å². The number of thiazole rings is 1. The summed E-state index contributed by atoms with van der Waals surface area (Å²) in [6.07, 6.45) is 1.48. The van der Waals surface area contributed by atoms with E-state index in [9.17, 15) is 9.59 Å². The molecule has 0 unspecified atom stereocenters. The van der Waals surface area contributed by atoms with E-state index < -0.39 is 0 Å². The van der Waals surface area contributed by atoms with Gasteiger partial charge in [0, 0.05) is 30.0 Å². The van der Waals surface area contributed by atoms with Gasteiger partial charge in [0.2, 0.25) is 5.91 Å². The number of tetrazole rings is 1. The van der Waals surface area contributed by atoms with E-state index in [0.29, 0.717) is 17.2 Å². The van der Waals surface area contributed by atoms with Gasteiger partial charge in [-0.2, -0.15) is 0 Å². The molecule has 2 N–H and O–H groups in total. The lowest BCUT2D eigenvalue weighted by Crippen LogP contribution is -2.18. The normalized spacial score (nSPS) is 10.6. The first-order chi connectivity index (χ1) is 14.6. The first-order valence-electron chi connectivity index (χ1n) is 9.02. The fraction of sp³-hybridized carbons (Fsp3) is 0.100. The maximum absolute atomic E-state index is 12.5. The Bertz CT molecular complexity index is 1150. The molecule has 4 rings (SSSR count). The third-order valence-corrected chi connectivity index (χ3v) is 5.02. The van der Waals surface area contributed by atoms with Crippen LogP contribution in [0.15, 0.2) is 60.2 Å². The molecule has 0 saturated carbocycles. The van der Waals surface area contributed by atoms with Crippen molar-refractivity contribution in [2.24, 2.45) is 0 Å². The van der Waals surface area contributed by atoms with E-state index in [4.69, 9.17) is 0 Å². The predicted octanol–water partition coefficient (Wildman–Crippen LogP) is 2.67. The molecule has 0 aliphatic carbocycles. The molecule has 30 heavy (non-hydrogen) atoms. The fourth-order valence-corrected chi connectivity index (χ4v) is 3.41. The van der Waals surface area contributed by atoms with Crippen molar-refractivity contribution >= 4 is 28.3 Å². The van der Waals surface area contributed by atoms with Crippen LogP contribution in [0.25, 0.3) is 16.9 Å². The lowest BCUT2D eigenvalue weighted by atomic mass is 10.1. The predicted molar refractivity (Wildman–Crippen MR) is 112 cm³/mol. The Kier molecular flexibility index (Phi) is 5.57. The highest BCUT2D eigenvalue weighted by Crippen LogP contribution is 2.25. The van der Waals surface area contributed by atoms with Crippen molar-refractivity contribution in [3.05, 3.63) is 71.4 Å². The van der Waals surface area contributed by atoms with Crippen molar-refractivity contribution in [3.8, 4) is 16.9 Å². The molecular formula is C20H17N7O2S. The van der Waals surface area contributed by atoms with Crippen LogP contribution in [0.3, 0.4) is 0 Å². The summed E-state index contributed by atoms with van der Waals surface area (Å²) in [5.74, 6) is -0.311. The number of rotatable bonds is 6. The maximum atomic E-state index is 12.5. The van der Waals surface area contributed by atoms with Gasteiger partial charge < -0.3 is 5.32 Å². The average molecular weight is 419 g/mol. The number of nitrogens with one attached hydrogen (secondary N) is 2. The van der Waals surface area contributed by atoms with Crippen molar-refractivity contribution in [1.29, 1.82) is 0 Å². The molecule has 2 aromatic carbocycles. The zero-order chi connectivity index (χ0) is 20.9. The van der Waals surface area contributed by atoms with Crippen molar-refractivity contribution < 1.29 is 9.59 Å². The minimum atomic E-state index is -0.246. The molecule has 0 spiro atoms. The van der Waals surface area contributed by atoms with Crippen LogP contribution in [-0.2, 0) is 11.3 Å². The van der Waals surface area contributed by atoms with Crippen molar-refractivity contribution in [1.82, 2.24) is 30.5 Å². The van der Waals surface area contributed by atoms with Gasteiger partial charge in [0.1, 0.15) is 6.33 Å². The molecular weight excluding hydrogens is 402 g/mol. The van der Waals surface area contributed by atoms with Crippen LogP contribution in [0.5, 0.6) is 0 Å². The Morgan fingerprint density at radius 1 is 1.07 bits per heavy atom. The van der Waals surface area contributed by atoms with Crippen molar-refractivity contribution in [3.63, 3.8) is 0 Å². The lowest BCUT2D eigenvalue weighted by Gasteiger charge is -2.04. The van der Waals surface area contributed by atoms with Gasteiger partial charge in [-0.1, -0.05) is 24.3 Å². The number of aromatic nitrogens is 5. The molecule has 2 heterocycles. The van der Waals surface area contributed by atoms with Crippen LogP contribution >= 0.6 is 11.3 Å². The number of nitrogens with zero attached hydrogens (tertiary/aromatic N) is 5. The number of anilines is 1. The average Bonchev–Trinajstić information content (AvgIpc) is 3.45. The summed E-state index contributed by atoms with van der Waals surface area (Å²) in [6, 6.07) is 14.7. The molecule has 0 aliphatic heterocycles. The van der Waals surface area contributed by atoms with Crippen LogP contribution < -0.4 is 10.6 Å². The maximum Gasteiger partial charge on any atom is 0.257 e. The number of carbonyl (C=O) groups is 2. The summed E-state index contributed by atoms with van der Waals surface area (Å²) >= 11 is 1.36. The summed E-state index contributed by atoms with van der Waals surface area (Å²) in [6.45, 7) is 1.97. The largest absolute Gasteiger partial charge is 0.352 e. The zero-order valence-corrected chi connectivity index (χ0v) is 16.8. The van der Waals surface area contributed by atoms with Gasteiger partial charge in [0.25, 0.3) is 5.91 Å². The Morgan fingerprint density at radius 3 is 2.50 bits per heavy atom. The Hall–Kier alpha value is -3.92. The van der Waals surface area contributed by atoms with Crippen LogP contribution in [0.4, 0.5) is 5.13 Å². The number of carbonyl (C=O) groups excluding carboxylic acids is 2. The van der Waals surface area contributed by atoms with Crippen molar-refractivity contribution in [2.75, 3.05) is 5.32 Å². The smallest absolute Gasteiger partial charge is 0.257 e. The number of hydrogen-bond donors (Lipinski definition) is 2. The van der Waals surface area contributed by atoms with Gasteiger partial charge >= 0.3 is 0 Å². The lowest BCUT2D eigenvalue weighted by molar-refractivity contribution is -0.119. The second-order valence-corrected chi connectivity index (χ2v) is 7.26. The van der Waals surface area contributed by atoms with E-state index in [-0.39, 0.29) is 11.8 Å². The number of amides is 2. The summed E-state index contributed by atoms with van der Waals surface area (Å²) in [7, 11) is 0. The molecule has 0 saturated heterocycles. The van der Waals surface area contributed by atoms with Crippen LogP contribution in [0, 0.1) is 0 Å². The summed E-state index contributed by atoms with van der Waals surface area (Å²) in [4.78, 5) is 28.0. The van der Waals surface area contributed by atoms with Gasteiger partial charge in [0.15, 0.2) is 5.13 Å². The standard InChI is InChI=1S/C20H17N7O2S/c1-13(28)21-10-14-2-4-15(5-3-14)18-11-30-20(23-18)24-19(29)16-6-8-17(9-7-16)27-12-22-25-26-27/h2-9,11-12H,10H2,1H3,(H,21,28)(H,23,24,29). The molecule has 4 aromatic rings. The minimum Gasteiger partial charge on any atom is -0.352 e. The molecule has 2 amide bonds. The van der Waals surface area contributed by atoms with Crippen LogP contribution in [0.2, 0.25) is 0 Å². The van der Waals surface area contributed by atoms with Gasteiger partial charge in [0.05, 0.1) is 11.4 Å². The van der Waals surface area contributed by atoms with Crippen molar-refractivity contribution in [2.45, 2.75) is 13.5 Å². The highest BCUT2D eigenvalue weighted by molar-refractivity contribution is 7.14. The van der Waals surface area contributed by atoms with Gasteiger partial charge in [-0.25, -0.2) is 9.67 Å². The quantitative estimate of drug-likeness (QED) is 0.497. The van der Waals surface area contributed by atoms with E-state index >= 15 is 0 Å². The molecule has 0 radical (unpaired) electrons. The monoisotopic (exact) mass is 419 g/mol. The van der Waals surface area contributed by atoms with E-state index in [0.717, 1.165) is 22.5 Å². The molecule has 2 aromatic heterocycles. The highest BCUT2D eigenvalue weighted by Gasteiger charge is 2.11. The molecule has 0 atom stereocenters. The first kappa shape index (κ1) is 19.4. The first-order valence-corrected chi connectivity index (χ1v) is 9.90. The summed E-state index contributed by atoms with van der Waals surface area (Å²) in [5.41, 5.74) is 3.98. The number of benzene rings is 2. The van der Waals surface area contributed by atoms with E-state index in [1.165, 1.54) is 29.3 Å². The van der Waals surface area contributed by atoms with Gasteiger partial charge in [-0.05, 0) is 40.3 Å². The molecule has 0 fully saturated rings. The molecule has 0 bridgehead atoms. The highest BCUT2D eigenvalue weighted by atomic mass is 32.1. The van der Waals surface area contributed by atoms with Gasteiger partial charge in [-0.3, -0.25) is 14.9 Å². The van der Waals surface area contributed by atoms with Gasteiger partial charge in [-0.15, -0.1) is 16.4 Å². The van der Waals surface area contributed by atoms with E-state index in [1.54, 1.807) is 24.3 Å². The third kappa shape index (κ3) is 4.55. The summed E-state index contributed by atoms with van der Waals surface area (Å²) < 4.78 is 1.51. The molecule has 150 valence electrons. The fourth-order valence-electron chi connectivity index (χ4n) is 2.70.